The average molecular weight is 314 g/mol. The molecule has 0 bridgehead atoms. The molecule has 3 aromatic rings. The van der Waals surface area contributed by atoms with Crippen LogP contribution in [0.25, 0.3) is 22.5 Å². The first kappa shape index (κ1) is 15.2. The van der Waals surface area contributed by atoms with E-state index in [1.807, 2.05) is 31.2 Å². The Balaban J connectivity index is 1.97. The zero-order chi connectivity index (χ0) is 16.4. The van der Waals surface area contributed by atoms with Crippen molar-refractivity contribution in [2.24, 2.45) is 0 Å². The molecular weight excluding hydrogens is 301 g/mol. The molecule has 0 aliphatic rings. The van der Waals surface area contributed by atoms with Crippen molar-refractivity contribution in [3.8, 4) is 22.5 Å². The van der Waals surface area contributed by atoms with Crippen LogP contribution in [0.4, 0.5) is 13.2 Å². The molecule has 0 atom stereocenters. The third-order valence-electron chi connectivity index (χ3n) is 3.46. The maximum atomic E-state index is 12.6. The number of halogens is 3. The molecule has 0 radical (unpaired) electrons. The van der Waals surface area contributed by atoms with Gasteiger partial charge in [0, 0.05) is 11.9 Å². The maximum absolute atomic E-state index is 12.6. The molecule has 3 rings (SSSR count). The Bertz CT molecular complexity index is 824. The van der Waals surface area contributed by atoms with Crippen LogP contribution in [0.2, 0.25) is 0 Å². The van der Waals surface area contributed by atoms with Crippen LogP contribution >= 0.6 is 0 Å². The molecule has 1 aromatic carbocycles. The van der Waals surface area contributed by atoms with Crippen LogP contribution in [0.1, 0.15) is 11.3 Å². The van der Waals surface area contributed by atoms with Gasteiger partial charge in [0.1, 0.15) is 0 Å². The van der Waals surface area contributed by atoms with Gasteiger partial charge in [0.15, 0.2) is 0 Å². The van der Waals surface area contributed by atoms with E-state index in [9.17, 15) is 13.2 Å². The van der Waals surface area contributed by atoms with E-state index in [4.69, 9.17) is 0 Å². The maximum Gasteiger partial charge on any atom is 0.416 e. The zero-order valence-electron chi connectivity index (χ0n) is 12.3. The van der Waals surface area contributed by atoms with Gasteiger partial charge in [-0.15, -0.1) is 0 Å². The summed E-state index contributed by atoms with van der Waals surface area (Å²) in [5, 5.41) is 0. The van der Waals surface area contributed by atoms with Gasteiger partial charge < -0.3 is 0 Å². The molecule has 0 spiro atoms. The lowest BCUT2D eigenvalue weighted by atomic mass is 10.0. The Labute approximate surface area is 131 Å². The number of rotatable bonds is 2. The smallest absolute Gasteiger partial charge is 0.255 e. The first-order chi connectivity index (χ1) is 10.9. The molecule has 0 aliphatic carbocycles. The number of nitrogens with zero attached hydrogens (tertiary/aromatic N) is 2. The lowest BCUT2D eigenvalue weighted by Gasteiger charge is -2.08. The van der Waals surface area contributed by atoms with Crippen LogP contribution in [0.3, 0.4) is 0 Å². The van der Waals surface area contributed by atoms with Crippen molar-refractivity contribution < 1.29 is 13.2 Å². The normalized spacial score (nSPS) is 11.5. The Kier molecular flexibility index (Phi) is 3.86. The lowest BCUT2D eigenvalue weighted by Crippen LogP contribution is -2.04. The van der Waals surface area contributed by atoms with Gasteiger partial charge in [-0.25, -0.2) is 0 Å². The third kappa shape index (κ3) is 3.39. The highest BCUT2D eigenvalue weighted by Gasteiger charge is 2.29. The molecule has 0 N–H and O–H groups in total. The summed E-state index contributed by atoms with van der Waals surface area (Å²) in [6.07, 6.45) is -2.69. The van der Waals surface area contributed by atoms with Crippen LogP contribution in [-0.2, 0) is 6.18 Å². The number of pyridine rings is 2. The number of hydrogen-bond donors (Lipinski definition) is 0. The molecule has 0 unspecified atom stereocenters. The van der Waals surface area contributed by atoms with Crippen molar-refractivity contribution in [2.45, 2.75) is 13.1 Å². The second kappa shape index (κ2) is 5.83. The zero-order valence-corrected chi connectivity index (χ0v) is 12.3. The molecule has 5 heteroatoms. The van der Waals surface area contributed by atoms with Crippen molar-refractivity contribution in [3.63, 3.8) is 0 Å². The standard InChI is InChI=1S/C18H13F3N2/c1-12-3-2-4-16(23-12)17-11-14(9-10-22-17)13-5-7-15(8-6-13)18(19,20)21/h2-11H,1H3. The Morgan fingerprint density at radius 2 is 1.57 bits per heavy atom. The van der Waals surface area contributed by atoms with Gasteiger partial charge >= 0.3 is 6.18 Å². The summed E-state index contributed by atoms with van der Waals surface area (Å²) < 4.78 is 37.9. The van der Waals surface area contributed by atoms with Gasteiger partial charge in [-0.3, -0.25) is 9.97 Å². The van der Waals surface area contributed by atoms with Gasteiger partial charge in [-0.05, 0) is 54.4 Å². The molecule has 2 aromatic heterocycles. The van der Waals surface area contributed by atoms with Crippen LogP contribution in [0, 0.1) is 6.92 Å². The highest BCUT2D eigenvalue weighted by Crippen LogP contribution is 2.31. The summed E-state index contributed by atoms with van der Waals surface area (Å²) in [7, 11) is 0. The summed E-state index contributed by atoms with van der Waals surface area (Å²) in [6, 6.07) is 14.3. The average Bonchev–Trinajstić information content (AvgIpc) is 2.54. The van der Waals surface area contributed by atoms with Crippen molar-refractivity contribution >= 4 is 0 Å². The molecule has 2 heterocycles. The molecule has 0 amide bonds. The summed E-state index contributed by atoms with van der Waals surface area (Å²) in [5.41, 5.74) is 3.14. The largest absolute Gasteiger partial charge is 0.416 e. The number of aromatic nitrogens is 2. The van der Waals surface area contributed by atoms with Crippen LogP contribution in [0.15, 0.2) is 60.8 Å². The topological polar surface area (TPSA) is 25.8 Å². The SMILES string of the molecule is Cc1cccc(-c2cc(-c3ccc(C(F)(F)F)cc3)ccn2)n1. The molecule has 116 valence electrons. The van der Waals surface area contributed by atoms with E-state index in [-0.39, 0.29) is 0 Å². The second-order valence-electron chi connectivity index (χ2n) is 5.17. The minimum absolute atomic E-state index is 0.657. The molecule has 23 heavy (non-hydrogen) atoms. The lowest BCUT2D eigenvalue weighted by molar-refractivity contribution is -0.137. The van der Waals surface area contributed by atoms with E-state index >= 15 is 0 Å². The monoisotopic (exact) mass is 314 g/mol. The molecule has 0 saturated heterocycles. The number of alkyl halides is 3. The quantitative estimate of drug-likeness (QED) is 0.654. The summed E-state index contributed by atoms with van der Waals surface area (Å²) in [4.78, 5) is 8.70. The van der Waals surface area contributed by atoms with Crippen LogP contribution in [0.5, 0.6) is 0 Å². The van der Waals surface area contributed by atoms with Crippen LogP contribution < -0.4 is 0 Å². The number of hydrogen-bond acceptors (Lipinski definition) is 2. The van der Waals surface area contributed by atoms with E-state index in [1.165, 1.54) is 12.1 Å². The fourth-order valence-corrected chi connectivity index (χ4v) is 2.29. The molecule has 0 saturated carbocycles. The molecule has 0 fully saturated rings. The van der Waals surface area contributed by atoms with Crippen molar-refractivity contribution in [1.82, 2.24) is 9.97 Å². The number of aryl methyl sites for hydroxylation is 1. The predicted octanol–water partition coefficient (Wildman–Crippen LogP) is 5.14. The van der Waals surface area contributed by atoms with Gasteiger partial charge in [-0.2, -0.15) is 13.2 Å². The summed E-state index contributed by atoms with van der Waals surface area (Å²) in [5.74, 6) is 0. The van der Waals surface area contributed by atoms with E-state index < -0.39 is 11.7 Å². The first-order valence-corrected chi connectivity index (χ1v) is 7.01. The molecular formula is C18H13F3N2. The van der Waals surface area contributed by atoms with Crippen molar-refractivity contribution in [2.75, 3.05) is 0 Å². The Morgan fingerprint density at radius 1 is 0.826 bits per heavy atom. The van der Waals surface area contributed by atoms with Gasteiger partial charge in [0.05, 0.1) is 17.0 Å². The Hall–Kier alpha value is -2.69. The van der Waals surface area contributed by atoms with Crippen molar-refractivity contribution in [1.29, 1.82) is 0 Å². The second-order valence-corrected chi connectivity index (χ2v) is 5.17. The van der Waals surface area contributed by atoms with E-state index in [0.717, 1.165) is 29.1 Å². The van der Waals surface area contributed by atoms with Crippen molar-refractivity contribution in [3.05, 3.63) is 72.1 Å². The highest BCUT2D eigenvalue weighted by molar-refractivity contribution is 5.69. The molecule has 2 nitrogen and oxygen atoms in total. The minimum atomic E-state index is -4.33. The van der Waals surface area contributed by atoms with Gasteiger partial charge in [0.25, 0.3) is 0 Å². The van der Waals surface area contributed by atoms with E-state index in [2.05, 4.69) is 9.97 Å². The number of benzene rings is 1. The first-order valence-electron chi connectivity index (χ1n) is 7.01. The Morgan fingerprint density at radius 3 is 2.22 bits per heavy atom. The molecule has 0 aliphatic heterocycles. The van der Waals surface area contributed by atoms with E-state index in [0.29, 0.717) is 11.3 Å². The summed E-state index contributed by atoms with van der Waals surface area (Å²) >= 11 is 0. The fourth-order valence-electron chi connectivity index (χ4n) is 2.29. The third-order valence-corrected chi connectivity index (χ3v) is 3.46. The van der Waals surface area contributed by atoms with E-state index in [1.54, 1.807) is 12.3 Å². The van der Waals surface area contributed by atoms with Crippen LogP contribution in [-0.4, -0.2) is 9.97 Å². The van der Waals surface area contributed by atoms with Gasteiger partial charge in [-0.1, -0.05) is 18.2 Å². The minimum Gasteiger partial charge on any atom is -0.255 e. The van der Waals surface area contributed by atoms with Gasteiger partial charge in [0.2, 0.25) is 0 Å². The fraction of sp³-hybridized carbons (Fsp3) is 0.111. The highest BCUT2D eigenvalue weighted by atomic mass is 19.4. The predicted molar refractivity (Wildman–Crippen MR) is 82.6 cm³/mol. The summed E-state index contributed by atoms with van der Waals surface area (Å²) in [6.45, 7) is 1.89.